The first-order chi connectivity index (χ1) is 10.6. The summed E-state index contributed by atoms with van der Waals surface area (Å²) in [6.07, 6.45) is 3.50. The quantitative estimate of drug-likeness (QED) is 0.793. The van der Waals surface area contributed by atoms with Crippen molar-refractivity contribution in [3.8, 4) is 5.75 Å². The van der Waals surface area contributed by atoms with Crippen molar-refractivity contribution in [1.29, 1.82) is 0 Å². The van der Waals surface area contributed by atoms with Crippen LogP contribution in [0.25, 0.3) is 0 Å². The Morgan fingerprint density at radius 3 is 2.86 bits per heavy atom. The van der Waals surface area contributed by atoms with Gasteiger partial charge in [-0.3, -0.25) is 4.79 Å². The summed E-state index contributed by atoms with van der Waals surface area (Å²) < 4.78 is 5.76. The number of anilines is 2. The third kappa shape index (κ3) is 4.24. The molecular formula is C17H24N2O3. The summed E-state index contributed by atoms with van der Waals surface area (Å²) in [5.41, 5.74) is 1.70. The van der Waals surface area contributed by atoms with E-state index in [9.17, 15) is 9.90 Å². The molecule has 0 saturated carbocycles. The number of piperidine rings is 1. The number of rotatable bonds is 6. The fourth-order valence-corrected chi connectivity index (χ4v) is 2.45. The predicted octanol–water partition coefficient (Wildman–Crippen LogP) is 2.56. The molecule has 0 aromatic heterocycles. The number of carbonyl (C=O) groups excluding carboxylic acids is 1. The average Bonchev–Trinajstić information content (AvgIpc) is 2.54. The second-order valence-corrected chi connectivity index (χ2v) is 5.44. The molecule has 0 aliphatic carbocycles. The molecule has 0 bridgehead atoms. The van der Waals surface area contributed by atoms with Crippen LogP contribution in [0.4, 0.5) is 11.4 Å². The van der Waals surface area contributed by atoms with Gasteiger partial charge in [-0.25, -0.2) is 0 Å². The lowest BCUT2D eigenvalue weighted by Crippen LogP contribution is -2.35. The van der Waals surface area contributed by atoms with E-state index >= 15 is 0 Å². The van der Waals surface area contributed by atoms with Crippen molar-refractivity contribution in [3.63, 3.8) is 0 Å². The summed E-state index contributed by atoms with van der Waals surface area (Å²) in [7, 11) is 0. The molecule has 1 saturated heterocycles. The Morgan fingerprint density at radius 2 is 2.23 bits per heavy atom. The van der Waals surface area contributed by atoms with Gasteiger partial charge in [-0.05, 0) is 37.5 Å². The lowest BCUT2D eigenvalue weighted by atomic mass is 10.1. The first kappa shape index (κ1) is 16.4. The van der Waals surface area contributed by atoms with Crippen LogP contribution < -0.4 is 15.0 Å². The Bertz CT molecular complexity index is 523. The zero-order valence-corrected chi connectivity index (χ0v) is 13.0. The van der Waals surface area contributed by atoms with Gasteiger partial charge < -0.3 is 20.1 Å². The number of carbonyl (C=O) groups is 1. The van der Waals surface area contributed by atoms with E-state index in [1.807, 2.05) is 25.1 Å². The monoisotopic (exact) mass is 304 g/mol. The van der Waals surface area contributed by atoms with Gasteiger partial charge in [-0.2, -0.15) is 0 Å². The van der Waals surface area contributed by atoms with Crippen LogP contribution >= 0.6 is 0 Å². The molecule has 1 aliphatic rings. The maximum Gasteiger partial charge on any atom is 0.247 e. The third-order valence-corrected chi connectivity index (χ3v) is 3.70. The van der Waals surface area contributed by atoms with Crippen LogP contribution in [0.1, 0.15) is 26.2 Å². The van der Waals surface area contributed by atoms with Gasteiger partial charge >= 0.3 is 0 Å². The number of nitrogens with zero attached hydrogens (tertiary/aromatic N) is 1. The molecule has 1 aliphatic heterocycles. The number of hydrogen-bond donors (Lipinski definition) is 2. The lowest BCUT2D eigenvalue weighted by Gasteiger charge is -2.32. The number of aliphatic hydroxyl groups excluding tert-OH is 1. The number of nitrogens with one attached hydrogen (secondary N) is 1. The molecule has 1 heterocycles. The molecule has 2 N–H and O–H groups in total. The highest BCUT2D eigenvalue weighted by atomic mass is 16.5. The van der Waals surface area contributed by atoms with Crippen molar-refractivity contribution in [3.05, 3.63) is 30.9 Å². The van der Waals surface area contributed by atoms with Gasteiger partial charge in [0.1, 0.15) is 5.75 Å². The minimum atomic E-state index is -0.254. The molecule has 2 rings (SSSR count). The summed E-state index contributed by atoms with van der Waals surface area (Å²) in [6.45, 7) is 7.75. The SMILES string of the molecule is C=CC(=O)Nc1ccc(N2CCC(O)CC2)cc1OCCC. The minimum Gasteiger partial charge on any atom is -0.491 e. The number of amides is 1. The summed E-state index contributed by atoms with van der Waals surface area (Å²) in [5, 5.41) is 12.4. The second kappa shape index (κ2) is 7.84. The average molecular weight is 304 g/mol. The van der Waals surface area contributed by atoms with E-state index in [1.54, 1.807) is 0 Å². The van der Waals surface area contributed by atoms with Crippen molar-refractivity contribution < 1.29 is 14.6 Å². The van der Waals surface area contributed by atoms with Crippen LogP contribution in [0.15, 0.2) is 30.9 Å². The molecule has 120 valence electrons. The van der Waals surface area contributed by atoms with Crippen molar-refractivity contribution in [2.45, 2.75) is 32.3 Å². The normalized spacial score (nSPS) is 15.5. The van der Waals surface area contributed by atoms with Crippen LogP contribution in [0, 0.1) is 0 Å². The summed E-state index contributed by atoms with van der Waals surface area (Å²) >= 11 is 0. The van der Waals surface area contributed by atoms with E-state index in [4.69, 9.17) is 4.74 Å². The number of aliphatic hydroxyl groups is 1. The highest BCUT2D eigenvalue weighted by molar-refractivity contribution is 6.00. The smallest absolute Gasteiger partial charge is 0.247 e. The molecule has 0 spiro atoms. The van der Waals surface area contributed by atoms with Gasteiger partial charge in [0.15, 0.2) is 0 Å². The van der Waals surface area contributed by atoms with E-state index in [0.717, 1.165) is 38.0 Å². The Labute approximate surface area is 131 Å². The maximum atomic E-state index is 11.5. The zero-order chi connectivity index (χ0) is 15.9. The van der Waals surface area contributed by atoms with Gasteiger partial charge in [-0.15, -0.1) is 0 Å². The number of hydrogen-bond acceptors (Lipinski definition) is 4. The van der Waals surface area contributed by atoms with Gasteiger partial charge in [-0.1, -0.05) is 13.5 Å². The summed E-state index contributed by atoms with van der Waals surface area (Å²) in [6, 6.07) is 5.77. The molecule has 1 fully saturated rings. The van der Waals surface area contributed by atoms with E-state index in [2.05, 4.69) is 16.8 Å². The van der Waals surface area contributed by atoms with E-state index in [1.165, 1.54) is 6.08 Å². The molecule has 0 unspecified atom stereocenters. The molecule has 0 atom stereocenters. The Balaban J connectivity index is 2.18. The van der Waals surface area contributed by atoms with Crippen LogP contribution in [0.3, 0.4) is 0 Å². The Kier molecular flexibility index (Phi) is 5.83. The van der Waals surface area contributed by atoms with Crippen molar-refractivity contribution in [2.24, 2.45) is 0 Å². The molecule has 1 aromatic carbocycles. The van der Waals surface area contributed by atoms with Gasteiger partial charge in [0.25, 0.3) is 0 Å². The first-order valence-electron chi connectivity index (χ1n) is 7.77. The minimum absolute atomic E-state index is 0.196. The second-order valence-electron chi connectivity index (χ2n) is 5.44. The van der Waals surface area contributed by atoms with E-state index in [0.29, 0.717) is 18.0 Å². The predicted molar refractivity (Wildman–Crippen MR) is 88.5 cm³/mol. The van der Waals surface area contributed by atoms with E-state index in [-0.39, 0.29) is 12.0 Å². The van der Waals surface area contributed by atoms with Gasteiger partial charge in [0.2, 0.25) is 5.91 Å². The summed E-state index contributed by atoms with van der Waals surface area (Å²) in [5.74, 6) is 0.413. The Morgan fingerprint density at radius 1 is 1.50 bits per heavy atom. The lowest BCUT2D eigenvalue weighted by molar-refractivity contribution is -0.111. The highest BCUT2D eigenvalue weighted by Crippen LogP contribution is 2.31. The molecule has 1 amide bonds. The van der Waals surface area contributed by atoms with Crippen LogP contribution in [-0.4, -0.2) is 36.8 Å². The third-order valence-electron chi connectivity index (χ3n) is 3.70. The molecule has 5 heteroatoms. The van der Waals surface area contributed by atoms with Crippen molar-refractivity contribution >= 4 is 17.3 Å². The van der Waals surface area contributed by atoms with Crippen molar-refractivity contribution in [2.75, 3.05) is 29.9 Å². The topological polar surface area (TPSA) is 61.8 Å². The van der Waals surface area contributed by atoms with Crippen LogP contribution in [-0.2, 0) is 4.79 Å². The largest absolute Gasteiger partial charge is 0.491 e. The fourth-order valence-electron chi connectivity index (χ4n) is 2.45. The number of benzene rings is 1. The molecule has 22 heavy (non-hydrogen) atoms. The van der Waals surface area contributed by atoms with Gasteiger partial charge in [0.05, 0.1) is 18.4 Å². The molecule has 1 aromatic rings. The molecule has 0 radical (unpaired) electrons. The number of ether oxygens (including phenoxy) is 1. The zero-order valence-electron chi connectivity index (χ0n) is 13.0. The maximum absolute atomic E-state index is 11.5. The van der Waals surface area contributed by atoms with E-state index < -0.39 is 0 Å². The van der Waals surface area contributed by atoms with Crippen LogP contribution in [0.2, 0.25) is 0 Å². The standard InChI is InChI=1S/C17H24N2O3/c1-3-11-22-16-12-13(19-9-7-14(20)8-10-19)5-6-15(16)18-17(21)4-2/h4-6,12,14,20H,2-3,7-11H2,1H3,(H,18,21). The summed E-state index contributed by atoms with van der Waals surface area (Å²) in [4.78, 5) is 13.7. The van der Waals surface area contributed by atoms with Crippen molar-refractivity contribution in [1.82, 2.24) is 0 Å². The van der Waals surface area contributed by atoms with Crippen LogP contribution in [0.5, 0.6) is 5.75 Å². The highest BCUT2D eigenvalue weighted by Gasteiger charge is 2.18. The molecular weight excluding hydrogens is 280 g/mol. The first-order valence-corrected chi connectivity index (χ1v) is 7.77. The molecule has 5 nitrogen and oxygen atoms in total. The fraction of sp³-hybridized carbons (Fsp3) is 0.471. The Hall–Kier alpha value is -2.01. The van der Waals surface area contributed by atoms with Gasteiger partial charge in [0, 0.05) is 24.8 Å².